The summed E-state index contributed by atoms with van der Waals surface area (Å²) in [6.07, 6.45) is 2.71. The predicted molar refractivity (Wildman–Crippen MR) is 83.6 cm³/mol. The number of ether oxygens (including phenoxy) is 2. The number of rotatable bonds is 3. The molecule has 2 amide bonds. The SMILES string of the molecule is C[C@@H]1OCC[C@@H]1NC(=O)N[C@@H]1CCO[C@@H](c2ccccc2)C1. The number of carbonyl (C=O) groups is 1. The second-order valence-electron chi connectivity index (χ2n) is 6.08. The van der Waals surface area contributed by atoms with Crippen LogP contribution in [-0.4, -0.2) is 37.4 Å². The summed E-state index contributed by atoms with van der Waals surface area (Å²) in [5.41, 5.74) is 1.17. The van der Waals surface area contributed by atoms with Crippen LogP contribution in [0.4, 0.5) is 4.79 Å². The van der Waals surface area contributed by atoms with Gasteiger partial charge in [0.1, 0.15) is 0 Å². The molecule has 0 aliphatic carbocycles. The quantitative estimate of drug-likeness (QED) is 0.901. The van der Waals surface area contributed by atoms with Gasteiger partial charge in [-0.2, -0.15) is 0 Å². The van der Waals surface area contributed by atoms with Crippen LogP contribution in [0.3, 0.4) is 0 Å². The number of hydrogen-bond donors (Lipinski definition) is 2. The van der Waals surface area contributed by atoms with Crippen molar-refractivity contribution < 1.29 is 14.3 Å². The summed E-state index contributed by atoms with van der Waals surface area (Å²) in [5, 5.41) is 6.10. The van der Waals surface area contributed by atoms with Crippen LogP contribution in [0, 0.1) is 0 Å². The number of amides is 2. The first-order valence-electron chi connectivity index (χ1n) is 8.07. The van der Waals surface area contributed by atoms with Crippen molar-refractivity contribution in [2.24, 2.45) is 0 Å². The Bertz CT molecular complexity index is 494. The first-order valence-corrected chi connectivity index (χ1v) is 8.07. The van der Waals surface area contributed by atoms with Crippen LogP contribution < -0.4 is 10.6 Å². The molecule has 2 aliphatic heterocycles. The zero-order chi connectivity index (χ0) is 15.4. The van der Waals surface area contributed by atoms with Crippen molar-refractivity contribution in [3.05, 3.63) is 35.9 Å². The van der Waals surface area contributed by atoms with Crippen molar-refractivity contribution in [2.75, 3.05) is 13.2 Å². The Morgan fingerprint density at radius 2 is 1.86 bits per heavy atom. The van der Waals surface area contributed by atoms with E-state index >= 15 is 0 Å². The highest BCUT2D eigenvalue weighted by Crippen LogP contribution is 2.27. The van der Waals surface area contributed by atoms with Gasteiger partial charge in [0.05, 0.1) is 18.2 Å². The Hall–Kier alpha value is -1.59. The van der Waals surface area contributed by atoms with E-state index in [1.54, 1.807) is 0 Å². The maximum absolute atomic E-state index is 12.1. The maximum atomic E-state index is 12.1. The van der Waals surface area contributed by atoms with Gasteiger partial charge in [-0.25, -0.2) is 4.79 Å². The highest BCUT2D eigenvalue weighted by Gasteiger charge is 2.28. The fraction of sp³-hybridized carbons (Fsp3) is 0.588. The van der Waals surface area contributed by atoms with Crippen LogP contribution in [0.15, 0.2) is 30.3 Å². The number of benzene rings is 1. The summed E-state index contributed by atoms with van der Waals surface area (Å²) in [7, 11) is 0. The summed E-state index contributed by atoms with van der Waals surface area (Å²) >= 11 is 0. The first kappa shape index (κ1) is 15.3. The van der Waals surface area contributed by atoms with Crippen molar-refractivity contribution in [2.45, 2.75) is 50.5 Å². The second kappa shape index (κ2) is 7.11. The molecule has 5 nitrogen and oxygen atoms in total. The van der Waals surface area contributed by atoms with E-state index in [-0.39, 0.29) is 30.3 Å². The highest BCUT2D eigenvalue weighted by molar-refractivity contribution is 5.74. The average Bonchev–Trinajstić information content (AvgIpc) is 2.93. The third-order valence-corrected chi connectivity index (χ3v) is 4.48. The van der Waals surface area contributed by atoms with E-state index < -0.39 is 0 Å². The van der Waals surface area contributed by atoms with Crippen LogP contribution in [0.2, 0.25) is 0 Å². The lowest BCUT2D eigenvalue weighted by molar-refractivity contribution is 0.00215. The third-order valence-electron chi connectivity index (χ3n) is 4.48. The van der Waals surface area contributed by atoms with E-state index in [0.29, 0.717) is 6.61 Å². The van der Waals surface area contributed by atoms with Gasteiger partial charge in [0.15, 0.2) is 0 Å². The summed E-state index contributed by atoms with van der Waals surface area (Å²) in [6.45, 7) is 3.39. The van der Waals surface area contributed by atoms with Crippen LogP contribution in [0.25, 0.3) is 0 Å². The van der Waals surface area contributed by atoms with Gasteiger partial charge in [-0.3, -0.25) is 0 Å². The summed E-state index contributed by atoms with van der Waals surface area (Å²) < 4.78 is 11.3. The van der Waals surface area contributed by atoms with Crippen LogP contribution in [0.1, 0.15) is 37.9 Å². The molecule has 22 heavy (non-hydrogen) atoms. The van der Waals surface area contributed by atoms with Crippen LogP contribution in [0.5, 0.6) is 0 Å². The van der Waals surface area contributed by atoms with E-state index in [9.17, 15) is 4.79 Å². The highest BCUT2D eigenvalue weighted by atomic mass is 16.5. The van der Waals surface area contributed by atoms with Crippen molar-refractivity contribution in [3.8, 4) is 0 Å². The molecule has 0 bridgehead atoms. The molecule has 0 radical (unpaired) electrons. The van der Waals surface area contributed by atoms with Gasteiger partial charge in [0.25, 0.3) is 0 Å². The summed E-state index contributed by atoms with van der Waals surface area (Å²) in [5.74, 6) is 0. The number of carbonyl (C=O) groups excluding carboxylic acids is 1. The van der Waals surface area contributed by atoms with Gasteiger partial charge in [-0.05, 0) is 31.7 Å². The minimum absolute atomic E-state index is 0.0639. The molecule has 3 rings (SSSR count). The van der Waals surface area contributed by atoms with E-state index in [1.165, 1.54) is 5.56 Å². The minimum Gasteiger partial charge on any atom is -0.376 e. The topological polar surface area (TPSA) is 59.6 Å². The van der Waals surface area contributed by atoms with Crippen molar-refractivity contribution in [1.29, 1.82) is 0 Å². The number of nitrogens with one attached hydrogen (secondary N) is 2. The molecule has 0 saturated carbocycles. The van der Waals surface area contributed by atoms with Gasteiger partial charge in [0, 0.05) is 19.3 Å². The maximum Gasteiger partial charge on any atom is 0.315 e. The molecule has 2 aliphatic rings. The largest absolute Gasteiger partial charge is 0.376 e. The molecule has 0 aromatic heterocycles. The molecule has 0 spiro atoms. The van der Waals surface area contributed by atoms with Gasteiger partial charge in [-0.15, -0.1) is 0 Å². The molecule has 2 saturated heterocycles. The normalized spacial score (nSPS) is 31.7. The smallest absolute Gasteiger partial charge is 0.315 e. The van der Waals surface area contributed by atoms with Gasteiger partial charge >= 0.3 is 6.03 Å². The molecule has 1 aromatic rings. The molecular formula is C17H24N2O3. The fourth-order valence-electron chi connectivity index (χ4n) is 3.14. The molecule has 1 aromatic carbocycles. The molecule has 120 valence electrons. The molecule has 5 heteroatoms. The lowest BCUT2D eigenvalue weighted by Crippen LogP contribution is -2.49. The molecule has 4 atom stereocenters. The third kappa shape index (κ3) is 3.78. The summed E-state index contributed by atoms with van der Waals surface area (Å²) in [4.78, 5) is 12.1. The molecule has 2 heterocycles. The minimum atomic E-state index is -0.0962. The van der Waals surface area contributed by atoms with Crippen molar-refractivity contribution in [1.82, 2.24) is 10.6 Å². The van der Waals surface area contributed by atoms with E-state index in [4.69, 9.17) is 9.47 Å². The second-order valence-corrected chi connectivity index (χ2v) is 6.08. The van der Waals surface area contributed by atoms with Gasteiger partial charge < -0.3 is 20.1 Å². The molecular weight excluding hydrogens is 280 g/mol. The Kier molecular flexibility index (Phi) is 4.95. The number of hydrogen-bond acceptors (Lipinski definition) is 3. The number of urea groups is 1. The Balaban J connectivity index is 1.51. The Morgan fingerprint density at radius 3 is 2.59 bits per heavy atom. The van der Waals surface area contributed by atoms with Gasteiger partial charge in [0.2, 0.25) is 0 Å². The Morgan fingerprint density at radius 1 is 1.09 bits per heavy atom. The zero-order valence-corrected chi connectivity index (χ0v) is 13.0. The van der Waals surface area contributed by atoms with E-state index in [0.717, 1.165) is 25.9 Å². The van der Waals surface area contributed by atoms with Crippen molar-refractivity contribution in [3.63, 3.8) is 0 Å². The van der Waals surface area contributed by atoms with Gasteiger partial charge in [-0.1, -0.05) is 30.3 Å². The monoisotopic (exact) mass is 304 g/mol. The fourth-order valence-corrected chi connectivity index (χ4v) is 3.14. The first-order chi connectivity index (χ1) is 10.7. The lowest BCUT2D eigenvalue weighted by Gasteiger charge is -2.31. The Labute approximate surface area is 131 Å². The van der Waals surface area contributed by atoms with Crippen LogP contribution in [-0.2, 0) is 9.47 Å². The van der Waals surface area contributed by atoms with E-state index in [2.05, 4.69) is 22.8 Å². The van der Waals surface area contributed by atoms with Crippen molar-refractivity contribution >= 4 is 6.03 Å². The lowest BCUT2D eigenvalue weighted by atomic mass is 9.97. The standard InChI is InChI=1S/C17H24N2O3/c1-12-15(8-10-21-12)19-17(20)18-14-7-9-22-16(11-14)13-5-3-2-4-6-13/h2-6,12,14-16H,7-11H2,1H3,(H2,18,19,20)/t12-,14+,15-,16+/m0/s1. The molecule has 0 unspecified atom stereocenters. The predicted octanol–water partition coefficient (Wildman–Crippen LogP) is 2.38. The average molecular weight is 304 g/mol. The summed E-state index contributed by atoms with van der Waals surface area (Å²) in [6, 6.07) is 10.4. The van der Waals surface area contributed by atoms with E-state index in [1.807, 2.05) is 25.1 Å². The molecule has 2 N–H and O–H groups in total. The zero-order valence-electron chi connectivity index (χ0n) is 13.0. The molecule has 2 fully saturated rings. The van der Waals surface area contributed by atoms with Crippen LogP contribution >= 0.6 is 0 Å².